The minimum atomic E-state index is -3.22. The molecule has 0 aliphatic carbocycles. The highest BCUT2D eigenvalue weighted by molar-refractivity contribution is 7.89. The van der Waals surface area contributed by atoms with Gasteiger partial charge in [-0.05, 0) is 27.7 Å². The summed E-state index contributed by atoms with van der Waals surface area (Å²) in [7, 11) is -3.22. The predicted octanol–water partition coefficient (Wildman–Crippen LogP) is 3.59. The van der Waals surface area contributed by atoms with Gasteiger partial charge in [0.1, 0.15) is 0 Å². The van der Waals surface area contributed by atoms with E-state index in [9.17, 15) is 8.42 Å². The lowest BCUT2D eigenvalue weighted by Crippen LogP contribution is -2.11. The third kappa shape index (κ3) is 5.19. The standard InChI is InChI=1S/C19H24O3S/c1-19(2,3)18-10-8-17(9-11-18)14-23(21,22)13-16-6-4-15(12-20)5-7-16/h4-11,20H,12-14H2,1-3H3. The van der Waals surface area contributed by atoms with Crippen molar-refractivity contribution in [1.82, 2.24) is 0 Å². The van der Waals surface area contributed by atoms with E-state index in [2.05, 4.69) is 20.8 Å². The zero-order valence-corrected chi connectivity index (χ0v) is 14.7. The summed E-state index contributed by atoms with van der Waals surface area (Å²) in [5.41, 5.74) is 3.59. The molecule has 0 atom stereocenters. The Morgan fingerprint density at radius 3 is 1.57 bits per heavy atom. The smallest absolute Gasteiger partial charge is 0.158 e. The van der Waals surface area contributed by atoms with Crippen LogP contribution < -0.4 is 0 Å². The van der Waals surface area contributed by atoms with Crippen LogP contribution in [-0.4, -0.2) is 13.5 Å². The summed E-state index contributed by atoms with van der Waals surface area (Å²) in [6.45, 7) is 6.37. The van der Waals surface area contributed by atoms with Gasteiger partial charge in [0.25, 0.3) is 0 Å². The Morgan fingerprint density at radius 2 is 1.17 bits per heavy atom. The lowest BCUT2D eigenvalue weighted by Gasteiger charge is -2.19. The van der Waals surface area contributed by atoms with Crippen LogP contribution in [0.3, 0.4) is 0 Å². The van der Waals surface area contributed by atoms with Crippen LogP contribution in [-0.2, 0) is 33.4 Å². The number of sulfone groups is 1. The molecule has 23 heavy (non-hydrogen) atoms. The number of aliphatic hydroxyl groups excluding tert-OH is 1. The summed E-state index contributed by atoms with van der Waals surface area (Å²) in [6, 6.07) is 14.8. The summed E-state index contributed by atoms with van der Waals surface area (Å²) in [5.74, 6) is 0.0545. The van der Waals surface area contributed by atoms with Crippen molar-refractivity contribution in [2.45, 2.75) is 44.3 Å². The molecule has 2 rings (SSSR count). The van der Waals surface area contributed by atoms with Crippen molar-refractivity contribution >= 4 is 9.84 Å². The van der Waals surface area contributed by atoms with E-state index < -0.39 is 9.84 Å². The minimum absolute atomic E-state index is 0.0136. The van der Waals surface area contributed by atoms with Crippen LogP contribution in [0.2, 0.25) is 0 Å². The first-order chi connectivity index (χ1) is 10.7. The summed E-state index contributed by atoms with van der Waals surface area (Å²) in [6.07, 6.45) is 0. The molecule has 0 aromatic heterocycles. The first-order valence-electron chi connectivity index (χ1n) is 7.68. The lowest BCUT2D eigenvalue weighted by atomic mass is 9.87. The molecule has 2 aromatic carbocycles. The average Bonchev–Trinajstić information content (AvgIpc) is 2.46. The van der Waals surface area contributed by atoms with E-state index in [1.165, 1.54) is 5.56 Å². The molecule has 0 saturated heterocycles. The maximum atomic E-state index is 12.4. The normalized spacial score (nSPS) is 12.3. The highest BCUT2D eigenvalue weighted by Gasteiger charge is 2.16. The highest BCUT2D eigenvalue weighted by Crippen LogP contribution is 2.23. The zero-order chi connectivity index (χ0) is 17.1. The van der Waals surface area contributed by atoms with E-state index in [-0.39, 0.29) is 23.5 Å². The molecule has 0 unspecified atom stereocenters. The van der Waals surface area contributed by atoms with E-state index in [0.29, 0.717) is 0 Å². The molecule has 0 spiro atoms. The molecule has 0 radical (unpaired) electrons. The number of rotatable bonds is 5. The van der Waals surface area contributed by atoms with Crippen LogP contribution in [0.5, 0.6) is 0 Å². The molecule has 0 saturated carbocycles. The van der Waals surface area contributed by atoms with Gasteiger partial charge in [0.15, 0.2) is 9.84 Å². The molecule has 2 aromatic rings. The van der Waals surface area contributed by atoms with Gasteiger partial charge in [-0.2, -0.15) is 0 Å². The summed E-state index contributed by atoms with van der Waals surface area (Å²) in [4.78, 5) is 0. The van der Waals surface area contributed by atoms with Crippen LogP contribution in [0.4, 0.5) is 0 Å². The molecule has 0 heterocycles. The molecule has 1 N–H and O–H groups in total. The molecule has 4 heteroatoms. The molecule has 0 amide bonds. The first kappa shape index (κ1) is 17.7. The third-order valence-electron chi connectivity index (χ3n) is 3.80. The van der Waals surface area contributed by atoms with E-state index in [0.717, 1.165) is 16.7 Å². The lowest BCUT2D eigenvalue weighted by molar-refractivity contribution is 0.282. The second-order valence-electron chi connectivity index (χ2n) is 6.95. The maximum absolute atomic E-state index is 12.4. The van der Waals surface area contributed by atoms with Crippen LogP contribution >= 0.6 is 0 Å². The molecule has 0 fully saturated rings. The Bertz CT molecular complexity index is 737. The van der Waals surface area contributed by atoms with Crippen LogP contribution in [0.15, 0.2) is 48.5 Å². The second-order valence-corrected chi connectivity index (χ2v) is 9.02. The maximum Gasteiger partial charge on any atom is 0.158 e. The first-order valence-corrected chi connectivity index (χ1v) is 9.50. The molecule has 0 aliphatic heterocycles. The Hall–Kier alpha value is -1.65. The zero-order valence-electron chi connectivity index (χ0n) is 13.9. The second kappa shape index (κ2) is 6.85. The van der Waals surface area contributed by atoms with Gasteiger partial charge in [0.05, 0.1) is 18.1 Å². The van der Waals surface area contributed by atoms with Crippen molar-refractivity contribution in [2.75, 3.05) is 0 Å². The molecule has 0 aliphatic rings. The third-order valence-corrected chi connectivity index (χ3v) is 5.34. The van der Waals surface area contributed by atoms with Crippen molar-refractivity contribution in [3.05, 3.63) is 70.8 Å². The molecular formula is C19H24O3S. The van der Waals surface area contributed by atoms with Gasteiger partial charge in [-0.15, -0.1) is 0 Å². The summed E-state index contributed by atoms with van der Waals surface area (Å²) >= 11 is 0. The quantitative estimate of drug-likeness (QED) is 0.910. The SMILES string of the molecule is CC(C)(C)c1ccc(CS(=O)(=O)Cc2ccc(CO)cc2)cc1. The van der Waals surface area contributed by atoms with E-state index in [4.69, 9.17) is 5.11 Å². The fourth-order valence-corrected chi connectivity index (χ4v) is 3.90. The Labute approximate surface area is 138 Å². The molecule has 3 nitrogen and oxygen atoms in total. The van der Waals surface area contributed by atoms with Crippen molar-refractivity contribution < 1.29 is 13.5 Å². The van der Waals surface area contributed by atoms with Gasteiger partial charge < -0.3 is 5.11 Å². The van der Waals surface area contributed by atoms with E-state index in [1.807, 2.05) is 24.3 Å². The Balaban J connectivity index is 2.08. The monoisotopic (exact) mass is 332 g/mol. The fourth-order valence-electron chi connectivity index (χ4n) is 2.40. The van der Waals surface area contributed by atoms with Gasteiger partial charge in [-0.1, -0.05) is 69.3 Å². The summed E-state index contributed by atoms with van der Waals surface area (Å²) < 4.78 is 24.7. The van der Waals surface area contributed by atoms with Gasteiger partial charge >= 0.3 is 0 Å². The number of hydrogen-bond acceptors (Lipinski definition) is 3. The van der Waals surface area contributed by atoms with Crippen LogP contribution in [0.1, 0.15) is 43.0 Å². The van der Waals surface area contributed by atoms with Gasteiger partial charge in [-0.25, -0.2) is 8.42 Å². The van der Waals surface area contributed by atoms with Crippen molar-refractivity contribution in [1.29, 1.82) is 0 Å². The largest absolute Gasteiger partial charge is 0.392 e. The van der Waals surface area contributed by atoms with Gasteiger partial charge in [0.2, 0.25) is 0 Å². The molecular weight excluding hydrogens is 308 g/mol. The minimum Gasteiger partial charge on any atom is -0.392 e. The van der Waals surface area contributed by atoms with Gasteiger partial charge in [-0.3, -0.25) is 0 Å². The van der Waals surface area contributed by atoms with Gasteiger partial charge in [0, 0.05) is 0 Å². The van der Waals surface area contributed by atoms with E-state index >= 15 is 0 Å². The van der Waals surface area contributed by atoms with Crippen LogP contribution in [0, 0.1) is 0 Å². The van der Waals surface area contributed by atoms with Crippen molar-refractivity contribution in [3.8, 4) is 0 Å². The fraction of sp³-hybridized carbons (Fsp3) is 0.368. The topological polar surface area (TPSA) is 54.4 Å². The molecule has 0 bridgehead atoms. The predicted molar refractivity (Wildman–Crippen MR) is 93.8 cm³/mol. The highest BCUT2D eigenvalue weighted by atomic mass is 32.2. The average molecular weight is 332 g/mol. The summed E-state index contributed by atoms with van der Waals surface area (Å²) in [5, 5.41) is 9.02. The number of hydrogen-bond donors (Lipinski definition) is 1. The number of aliphatic hydroxyl groups is 1. The molecule has 124 valence electrons. The Morgan fingerprint density at radius 1 is 0.783 bits per heavy atom. The van der Waals surface area contributed by atoms with Crippen molar-refractivity contribution in [2.24, 2.45) is 0 Å². The number of benzene rings is 2. The Kier molecular flexibility index (Phi) is 5.27. The van der Waals surface area contributed by atoms with Crippen LogP contribution in [0.25, 0.3) is 0 Å². The van der Waals surface area contributed by atoms with Crippen molar-refractivity contribution in [3.63, 3.8) is 0 Å². The van der Waals surface area contributed by atoms with E-state index in [1.54, 1.807) is 24.3 Å².